The van der Waals surface area contributed by atoms with Crippen LogP contribution in [0.5, 0.6) is 0 Å². The first kappa shape index (κ1) is 15.6. The number of rotatable bonds is 4. The number of halogens is 1. The first-order valence-corrected chi connectivity index (χ1v) is 9.87. The van der Waals surface area contributed by atoms with Crippen molar-refractivity contribution in [1.82, 2.24) is 4.72 Å². The van der Waals surface area contributed by atoms with E-state index >= 15 is 0 Å². The number of hydrogen-bond donors (Lipinski definition) is 2. The number of nitrogens with one attached hydrogen (secondary N) is 1. The van der Waals surface area contributed by atoms with Gasteiger partial charge in [-0.25, -0.2) is 26.4 Å². The summed E-state index contributed by atoms with van der Waals surface area (Å²) in [5, 5.41) is 9.77. The fourth-order valence-electron chi connectivity index (χ4n) is 1.55. The van der Waals surface area contributed by atoms with Crippen molar-refractivity contribution in [3.8, 4) is 0 Å². The van der Waals surface area contributed by atoms with Crippen molar-refractivity contribution < 1.29 is 26.7 Å². The van der Waals surface area contributed by atoms with Crippen molar-refractivity contribution in [3.63, 3.8) is 0 Å². The fraction of sp³-hybridized carbons (Fsp3) is 0.222. The number of carbonyl (C=O) groups is 1. The molecule has 0 saturated carbocycles. The average molecular weight is 402 g/mol. The molecular weight excluding hydrogens is 394 g/mol. The van der Waals surface area contributed by atoms with Crippen LogP contribution in [0.3, 0.4) is 0 Å². The van der Waals surface area contributed by atoms with E-state index in [0.717, 1.165) is 22.8 Å². The normalized spacial score (nSPS) is 21.1. The smallest absolute Gasteiger partial charge is 0.345 e. The second-order valence-electron chi connectivity index (χ2n) is 3.94. The van der Waals surface area contributed by atoms with E-state index < -0.39 is 31.9 Å². The summed E-state index contributed by atoms with van der Waals surface area (Å²) < 4.78 is 49.0. The molecule has 0 amide bonds. The Balaban J connectivity index is 2.28. The van der Waals surface area contributed by atoms with Crippen LogP contribution in [-0.4, -0.2) is 39.7 Å². The zero-order valence-electron chi connectivity index (χ0n) is 9.61. The first-order valence-electron chi connectivity index (χ1n) is 5.07. The van der Waals surface area contributed by atoms with Gasteiger partial charge in [0.1, 0.15) is 9.77 Å². The highest BCUT2D eigenvalue weighted by Gasteiger charge is 2.29. The van der Waals surface area contributed by atoms with Gasteiger partial charge in [0.25, 0.3) is 0 Å². The number of sulfonamides is 1. The SMILES string of the molecule is O=C(O)c1cc(S(=O)(=O)NC2C=CS(=O)(=O)C2)c(Br)s1. The Hall–Kier alpha value is -0.750. The molecule has 0 aliphatic carbocycles. The Morgan fingerprint density at radius 2 is 2.15 bits per heavy atom. The van der Waals surface area contributed by atoms with Crippen LogP contribution < -0.4 is 4.72 Å². The molecule has 2 heterocycles. The van der Waals surface area contributed by atoms with Gasteiger partial charge >= 0.3 is 5.97 Å². The quantitative estimate of drug-likeness (QED) is 0.769. The van der Waals surface area contributed by atoms with Gasteiger partial charge in [-0.05, 0) is 22.0 Å². The summed E-state index contributed by atoms with van der Waals surface area (Å²) >= 11 is 3.76. The lowest BCUT2D eigenvalue weighted by Crippen LogP contribution is -2.35. The number of hydrogen-bond acceptors (Lipinski definition) is 6. The van der Waals surface area contributed by atoms with Crippen molar-refractivity contribution >= 4 is 53.1 Å². The number of aromatic carboxylic acids is 1. The molecule has 0 spiro atoms. The van der Waals surface area contributed by atoms with Crippen molar-refractivity contribution in [1.29, 1.82) is 0 Å². The van der Waals surface area contributed by atoms with Crippen molar-refractivity contribution in [2.45, 2.75) is 10.9 Å². The summed E-state index contributed by atoms with van der Waals surface area (Å²) in [7, 11) is -7.38. The van der Waals surface area contributed by atoms with Crippen LogP contribution >= 0.6 is 27.3 Å². The first-order chi connectivity index (χ1) is 9.11. The van der Waals surface area contributed by atoms with Gasteiger partial charge in [0, 0.05) is 5.41 Å². The molecule has 1 aliphatic heterocycles. The largest absolute Gasteiger partial charge is 0.477 e. The predicted molar refractivity (Wildman–Crippen MR) is 76.0 cm³/mol. The molecule has 0 radical (unpaired) electrons. The summed E-state index contributed by atoms with van der Waals surface area (Å²) in [4.78, 5) is 10.4. The number of carboxylic acids is 1. The van der Waals surface area contributed by atoms with Crippen LogP contribution in [0, 0.1) is 0 Å². The number of thiophene rings is 1. The minimum Gasteiger partial charge on any atom is -0.477 e. The lowest BCUT2D eigenvalue weighted by molar-refractivity contribution is 0.0702. The molecule has 20 heavy (non-hydrogen) atoms. The molecule has 2 rings (SSSR count). The van der Waals surface area contributed by atoms with Crippen LogP contribution in [0.15, 0.2) is 26.2 Å². The average Bonchev–Trinajstić information content (AvgIpc) is 2.82. The summed E-state index contributed by atoms with van der Waals surface area (Å²) in [6, 6.07) is 0.164. The summed E-state index contributed by atoms with van der Waals surface area (Å²) in [6.45, 7) is 0. The van der Waals surface area contributed by atoms with Gasteiger partial charge in [-0.3, -0.25) is 0 Å². The lowest BCUT2D eigenvalue weighted by Gasteiger charge is -2.09. The second-order valence-corrected chi connectivity index (χ2v) is 9.92. The topological polar surface area (TPSA) is 118 Å². The van der Waals surface area contributed by atoms with Gasteiger partial charge in [0.05, 0.1) is 15.6 Å². The van der Waals surface area contributed by atoms with Crippen LogP contribution in [0.4, 0.5) is 0 Å². The van der Waals surface area contributed by atoms with E-state index in [1.165, 1.54) is 6.08 Å². The molecule has 1 aromatic heterocycles. The van der Waals surface area contributed by atoms with E-state index in [2.05, 4.69) is 20.7 Å². The number of sulfone groups is 1. The van der Waals surface area contributed by atoms with Crippen LogP contribution in [0.2, 0.25) is 0 Å². The zero-order valence-corrected chi connectivity index (χ0v) is 13.6. The van der Waals surface area contributed by atoms with E-state index in [1.54, 1.807) is 0 Å². The Labute approximate surface area is 127 Å². The Bertz CT molecular complexity index is 792. The molecular formula is C9H8BrNO6S3. The molecule has 1 unspecified atom stereocenters. The zero-order chi connectivity index (χ0) is 15.1. The molecule has 0 fully saturated rings. The summed E-state index contributed by atoms with van der Waals surface area (Å²) in [5.41, 5.74) is 0. The van der Waals surface area contributed by atoms with Gasteiger partial charge in [-0.15, -0.1) is 11.3 Å². The standard InChI is InChI=1S/C9H8BrNO6S3/c10-8-7(3-6(18-8)9(12)13)20(16,17)11-5-1-2-19(14,15)4-5/h1-3,5,11H,4H2,(H,12,13). The minimum absolute atomic E-state index is 0.133. The monoisotopic (exact) mass is 401 g/mol. The van der Waals surface area contributed by atoms with Crippen molar-refractivity contribution in [2.75, 3.05) is 5.75 Å². The van der Waals surface area contributed by atoms with Gasteiger partial charge in [0.2, 0.25) is 10.0 Å². The molecule has 1 atom stereocenters. The van der Waals surface area contributed by atoms with E-state index in [-0.39, 0.29) is 19.3 Å². The molecule has 0 bridgehead atoms. The van der Waals surface area contributed by atoms with Crippen molar-refractivity contribution in [3.05, 3.63) is 26.2 Å². The molecule has 0 aromatic carbocycles. The Morgan fingerprint density at radius 1 is 1.50 bits per heavy atom. The summed E-state index contributed by atoms with van der Waals surface area (Å²) in [6.07, 6.45) is 1.24. The molecule has 2 N–H and O–H groups in total. The third-order valence-electron chi connectivity index (χ3n) is 2.39. The molecule has 1 aromatic rings. The van der Waals surface area contributed by atoms with Crippen LogP contribution in [-0.2, 0) is 19.9 Å². The molecule has 1 aliphatic rings. The predicted octanol–water partition coefficient (Wildman–Crippen LogP) is 0.798. The maximum absolute atomic E-state index is 12.1. The van der Waals surface area contributed by atoms with Gasteiger partial charge in [-0.2, -0.15) is 0 Å². The minimum atomic E-state index is -4.00. The van der Waals surface area contributed by atoms with E-state index in [4.69, 9.17) is 5.11 Å². The van der Waals surface area contributed by atoms with E-state index in [9.17, 15) is 21.6 Å². The molecule has 0 saturated heterocycles. The Morgan fingerprint density at radius 3 is 2.60 bits per heavy atom. The van der Waals surface area contributed by atoms with Gasteiger partial charge in [0.15, 0.2) is 9.84 Å². The maximum Gasteiger partial charge on any atom is 0.345 e. The third kappa shape index (κ3) is 3.28. The van der Waals surface area contributed by atoms with Crippen LogP contribution in [0.1, 0.15) is 9.67 Å². The van der Waals surface area contributed by atoms with Gasteiger partial charge < -0.3 is 5.11 Å². The van der Waals surface area contributed by atoms with Crippen molar-refractivity contribution in [2.24, 2.45) is 0 Å². The van der Waals surface area contributed by atoms with Crippen LogP contribution in [0.25, 0.3) is 0 Å². The van der Waals surface area contributed by atoms with E-state index in [0.29, 0.717) is 0 Å². The van der Waals surface area contributed by atoms with E-state index in [1.807, 2.05) is 0 Å². The summed E-state index contributed by atoms with van der Waals surface area (Å²) in [5.74, 6) is -1.58. The highest BCUT2D eigenvalue weighted by molar-refractivity contribution is 9.11. The molecule has 7 nitrogen and oxygen atoms in total. The fourth-order valence-corrected chi connectivity index (χ4v) is 6.49. The highest BCUT2D eigenvalue weighted by atomic mass is 79.9. The molecule has 11 heteroatoms. The lowest BCUT2D eigenvalue weighted by atomic mass is 10.4. The highest BCUT2D eigenvalue weighted by Crippen LogP contribution is 2.32. The molecule has 110 valence electrons. The number of carboxylic acid groups (broad SMARTS) is 1. The maximum atomic E-state index is 12.1. The second kappa shape index (κ2) is 5.22. The Kier molecular flexibility index (Phi) is 4.08. The van der Waals surface area contributed by atoms with Gasteiger partial charge in [-0.1, -0.05) is 6.08 Å². The third-order valence-corrected chi connectivity index (χ3v) is 7.52.